The first-order valence-electron chi connectivity index (χ1n) is 5.25. The van der Waals surface area contributed by atoms with Crippen molar-refractivity contribution in [1.29, 1.82) is 0 Å². The molecule has 0 aliphatic carbocycles. The van der Waals surface area contributed by atoms with Crippen LogP contribution in [0.25, 0.3) is 0 Å². The average molecular weight is 253 g/mol. The second-order valence-electron chi connectivity index (χ2n) is 4.50. The number of rotatable bonds is 1. The zero-order valence-electron chi connectivity index (χ0n) is 9.49. The number of piperidine rings is 1. The number of halogens is 3. The fraction of sp³-hybridized carbons (Fsp3) is 0.800. The Balaban J connectivity index is 2.94. The third-order valence-corrected chi connectivity index (χ3v) is 3.22. The van der Waals surface area contributed by atoms with E-state index in [1.807, 2.05) is 0 Å². The molecule has 0 bridgehead atoms. The van der Waals surface area contributed by atoms with Crippen LogP contribution >= 0.6 is 0 Å². The second kappa shape index (κ2) is 4.54. The van der Waals surface area contributed by atoms with Crippen LogP contribution in [0, 0.1) is 11.8 Å². The van der Waals surface area contributed by atoms with Crippen LogP contribution < -0.4 is 0 Å². The average Bonchev–Trinajstić information content (AvgIpc) is 2.18. The maximum absolute atomic E-state index is 12.3. The SMILES string of the molecule is C[C@@H]1C[C@H](C(=O)O)N(C(=O)C(F)(F)F)C[C@@H]1C. The van der Waals surface area contributed by atoms with Crippen LogP contribution in [0.3, 0.4) is 0 Å². The molecule has 0 saturated carbocycles. The molecular weight excluding hydrogens is 239 g/mol. The molecule has 4 nitrogen and oxygen atoms in total. The van der Waals surface area contributed by atoms with Gasteiger partial charge in [0, 0.05) is 6.54 Å². The van der Waals surface area contributed by atoms with Gasteiger partial charge in [-0.25, -0.2) is 4.79 Å². The van der Waals surface area contributed by atoms with Crippen molar-refractivity contribution < 1.29 is 27.9 Å². The molecule has 1 heterocycles. The summed E-state index contributed by atoms with van der Waals surface area (Å²) in [4.78, 5) is 22.4. The number of carbonyl (C=O) groups is 2. The van der Waals surface area contributed by atoms with Crippen molar-refractivity contribution in [2.75, 3.05) is 6.54 Å². The molecule has 0 spiro atoms. The first-order chi connectivity index (χ1) is 7.64. The largest absolute Gasteiger partial charge is 0.480 e. The van der Waals surface area contributed by atoms with Crippen molar-refractivity contribution in [3.05, 3.63) is 0 Å². The molecule has 0 aromatic carbocycles. The third kappa shape index (κ3) is 2.89. The van der Waals surface area contributed by atoms with Crippen molar-refractivity contribution in [1.82, 2.24) is 4.90 Å². The molecule has 0 aromatic rings. The third-order valence-electron chi connectivity index (χ3n) is 3.22. The molecule has 0 aromatic heterocycles. The molecule has 1 fully saturated rings. The minimum atomic E-state index is -5.02. The number of likely N-dealkylation sites (tertiary alicyclic amines) is 1. The van der Waals surface area contributed by atoms with Gasteiger partial charge in [-0.15, -0.1) is 0 Å². The fourth-order valence-electron chi connectivity index (χ4n) is 1.95. The first-order valence-corrected chi connectivity index (χ1v) is 5.25. The van der Waals surface area contributed by atoms with Crippen LogP contribution in [0.4, 0.5) is 13.2 Å². The summed E-state index contributed by atoms with van der Waals surface area (Å²) in [5, 5.41) is 8.87. The highest BCUT2D eigenvalue weighted by molar-refractivity contribution is 5.87. The number of carboxylic acids is 1. The summed E-state index contributed by atoms with van der Waals surface area (Å²) in [6.45, 7) is 3.31. The van der Waals surface area contributed by atoms with E-state index in [2.05, 4.69) is 0 Å². The van der Waals surface area contributed by atoms with Crippen LogP contribution in [0.15, 0.2) is 0 Å². The molecule has 17 heavy (non-hydrogen) atoms. The molecule has 0 unspecified atom stereocenters. The van der Waals surface area contributed by atoms with Gasteiger partial charge in [0.2, 0.25) is 0 Å². The van der Waals surface area contributed by atoms with Crippen molar-refractivity contribution >= 4 is 11.9 Å². The van der Waals surface area contributed by atoms with E-state index in [0.717, 1.165) is 0 Å². The number of aliphatic carboxylic acids is 1. The van der Waals surface area contributed by atoms with Crippen molar-refractivity contribution in [3.63, 3.8) is 0 Å². The van der Waals surface area contributed by atoms with E-state index < -0.39 is 24.1 Å². The number of amides is 1. The fourth-order valence-corrected chi connectivity index (χ4v) is 1.95. The van der Waals surface area contributed by atoms with E-state index >= 15 is 0 Å². The highest BCUT2D eigenvalue weighted by atomic mass is 19.4. The Morgan fingerprint density at radius 3 is 2.18 bits per heavy atom. The first kappa shape index (κ1) is 13.8. The minimum absolute atomic E-state index is 0.0200. The zero-order valence-corrected chi connectivity index (χ0v) is 9.49. The normalized spacial score (nSPS) is 30.2. The standard InChI is InChI=1S/C10H14F3NO3/c1-5-3-7(8(15)16)14(4-6(5)2)9(17)10(11,12)13/h5-7H,3-4H2,1-2H3,(H,15,16)/t5-,6+,7-/m1/s1. The van der Waals surface area contributed by atoms with Crippen LogP contribution in [0.5, 0.6) is 0 Å². The van der Waals surface area contributed by atoms with Gasteiger partial charge in [-0.3, -0.25) is 4.79 Å². The Hall–Kier alpha value is -1.27. The Labute approximate surface area is 96.4 Å². The van der Waals surface area contributed by atoms with Gasteiger partial charge in [-0.05, 0) is 18.3 Å². The Kier molecular flexibility index (Phi) is 3.68. The molecule has 0 radical (unpaired) electrons. The Morgan fingerprint density at radius 1 is 1.24 bits per heavy atom. The Bertz CT molecular complexity index is 329. The lowest BCUT2D eigenvalue weighted by Gasteiger charge is -2.40. The summed E-state index contributed by atoms with van der Waals surface area (Å²) >= 11 is 0. The summed E-state index contributed by atoms with van der Waals surface area (Å²) in [5.41, 5.74) is 0. The van der Waals surface area contributed by atoms with Gasteiger partial charge in [0.15, 0.2) is 0 Å². The predicted molar refractivity (Wildman–Crippen MR) is 52.1 cm³/mol. The highest BCUT2D eigenvalue weighted by Crippen LogP contribution is 2.31. The van der Waals surface area contributed by atoms with Crippen molar-refractivity contribution in [2.45, 2.75) is 32.5 Å². The highest BCUT2D eigenvalue weighted by Gasteiger charge is 2.48. The molecule has 1 amide bonds. The van der Waals surface area contributed by atoms with Gasteiger partial charge < -0.3 is 10.0 Å². The molecule has 1 rings (SSSR count). The maximum atomic E-state index is 12.3. The number of hydrogen-bond donors (Lipinski definition) is 1. The number of carboxylic acid groups (broad SMARTS) is 1. The molecule has 1 N–H and O–H groups in total. The molecule has 1 aliphatic heterocycles. The van der Waals surface area contributed by atoms with E-state index in [4.69, 9.17) is 5.11 Å². The molecule has 98 valence electrons. The van der Waals surface area contributed by atoms with Gasteiger partial charge in [0.05, 0.1) is 0 Å². The van der Waals surface area contributed by atoms with E-state index in [1.54, 1.807) is 13.8 Å². The van der Waals surface area contributed by atoms with Gasteiger partial charge in [-0.2, -0.15) is 13.2 Å². The molecule has 3 atom stereocenters. The summed E-state index contributed by atoms with van der Waals surface area (Å²) in [7, 11) is 0. The number of hydrogen-bond acceptors (Lipinski definition) is 2. The van der Waals surface area contributed by atoms with E-state index in [0.29, 0.717) is 4.90 Å². The van der Waals surface area contributed by atoms with Gasteiger partial charge >= 0.3 is 18.1 Å². The molecular formula is C10H14F3NO3. The molecule has 1 saturated heterocycles. The minimum Gasteiger partial charge on any atom is -0.480 e. The number of alkyl halides is 3. The Morgan fingerprint density at radius 2 is 1.76 bits per heavy atom. The summed E-state index contributed by atoms with van der Waals surface area (Å²) in [6.07, 6.45) is -4.97. The summed E-state index contributed by atoms with van der Waals surface area (Å²) in [5.74, 6) is -3.62. The summed E-state index contributed by atoms with van der Waals surface area (Å²) < 4.78 is 36.9. The van der Waals surface area contributed by atoms with Gasteiger partial charge in [-0.1, -0.05) is 13.8 Å². The van der Waals surface area contributed by atoms with Crippen LogP contribution in [0.1, 0.15) is 20.3 Å². The number of carbonyl (C=O) groups excluding carboxylic acids is 1. The predicted octanol–water partition coefficient (Wildman–Crippen LogP) is 1.51. The topological polar surface area (TPSA) is 57.6 Å². The lowest BCUT2D eigenvalue weighted by atomic mass is 9.84. The van der Waals surface area contributed by atoms with E-state index in [9.17, 15) is 22.8 Å². The van der Waals surface area contributed by atoms with E-state index in [1.165, 1.54) is 0 Å². The van der Waals surface area contributed by atoms with Crippen LogP contribution in [-0.4, -0.2) is 40.6 Å². The lowest BCUT2D eigenvalue weighted by molar-refractivity contribution is -0.193. The van der Waals surface area contributed by atoms with Crippen LogP contribution in [-0.2, 0) is 9.59 Å². The van der Waals surface area contributed by atoms with Crippen LogP contribution in [0.2, 0.25) is 0 Å². The molecule has 1 aliphatic rings. The maximum Gasteiger partial charge on any atom is 0.471 e. The monoisotopic (exact) mass is 253 g/mol. The smallest absolute Gasteiger partial charge is 0.471 e. The molecule has 7 heteroatoms. The van der Waals surface area contributed by atoms with E-state index in [-0.39, 0.29) is 24.8 Å². The van der Waals surface area contributed by atoms with Crippen molar-refractivity contribution in [2.24, 2.45) is 11.8 Å². The summed E-state index contributed by atoms with van der Waals surface area (Å²) in [6, 6.07) is -1.38. The second-order valence-corrected chi connectivity index (χ2v) is 4.50. The van der Waals surface area contributed by atoms with Crippen molar-refractivity contribution in [3.8, 4) is 0 Å². The van der Waals surface area contributed by atoms with Gasteiger partial charge in [0.25, 0.3) is 0 Å². The quantitative estimate of drug-likeness (QED) is 0.770. The lowest BCUT2D eigenvalue weighted by Crippen LogP contribution is -2.56. The number of nitrogens with zero attached hydrogens (tertiary/aromatic N) is 1. The zero-order chi connectivity index (χ0) is 13.4. The van der Waals surface area contributed by atoms with Gasteiger partial charge in [0.1, 0.15) is 6.04 Å².